The lowest BCUT2D eigenvalue weighted by molar-refractivity contribution is 0.465. The Kier molecular flexibility index (Phi) is 4.83. The number of nitrogens with zero attached hydrogens (tertiary/aromatic N) is 3. The molecule has 2 aromatic rings. The number of aromatic hydroxyl groups is 1. The number of amidine groups is 2. The lowest BCUT2D eigenvalue weighted by atomic mass is 9.92. The fraction of sp³-hybridized carbons (Fsp3) is 0.350. The number of rotatable bonds is 5. The second-order valence-corrected chi connectivity index (χ2v) is 6.39. The quantitative estimate of drug-likeness (QED) is 0.869. The molecule has 5 heteroatoms. The zero-order valence-electron chi connectivity index (χ0n) is 14.9. The first kappa shape index (κ1) is 17.1. The van der Waals surface area contributed by atoms with Crippen molar-refractivity contribution in [3.8, 4) is 5.75 Å². The van der Waals surface area contributed by atoms with Crippen molar-refractivity contribution in [1.29, 1.82) is 0 Å². The Morgan fingerprint density at radius 1 is 1.20 bits per heavy atom. The summed E-state index contributed by atoms with van der Waals surface area (Å²) < 4.78 is 0. The molecule has 1 aromatic carbocycles. The first-order chi connectivity index (χ1) is 12.0. The van der Waals surface area contributed by atoms with Crippen molar-refractivity contribution in [3.63, 3.8) is 0 Å². The van der Waals surface area contributed by atoms with Gasteiger partial charge in [-0.3, -0.25) is 4.98 Å². The molecule has 3 N–H and O–H groups in total. The van der Waals surface area contributed by atoms with Gasteiger partial charge in [-0.1, -0.05) is 32.0 Å². The molecule has 0 bridgehead atoms. The van der Waals surface area contributed by atoms with Gasteiger partial charge in [0, 0.05) is 11.8 Å². The lowest BCUT2D eigenvalue weighted by Crippen LogP contribution is -2.17. The molecule has 0 saturated heterocycles. The van der Waals surface area contributed by atoms with Crippen LogP contribution in [0.4, 0.5) is 0 Å². The van der Waals surface area contributed by atoms with Crippen LogP contribution in [0.25, 0.3) is 0 Å². The minimum Gasteiger partial charge on any atom is -0.508 e. The third-order valence-corrected chi connectivity index (χ3v) is 4.79. The fourth-order valence-corrected chi connectivity index (χ4v) is 3.27. The van der Waals surface area contributed by atoms with Gasteiger partial charge in [-0.15, -0.1) is 0 Å². The Hall–Kier alpha value is -2.69. The molecule has 1 aromatic heterocycles. The minimum atomic E-state index is -0.466. The van der Waals surface area contributed by atoms with Crippen LogP contribution in [0.15, 0.2) is 46.5 Å². The average Bonchev–Trinajstić information content (AvgIpc) is 2.98. The average molecular weight is 336 g/mol. The van der Waals surface area contributed by atoms with E-state index in [0.717, 1.165) is 29.7 Å². The molecule has 3 rings (SSSR count). The van der Waals surface area contributed by atoms with E-state index in [9.17, 15) is 5.11 Å². The van der Waals surface area contributed by atoms with E-state index >= 15 is 0 Å². The number of phenolic OH excluding ortho intramolecular Hbond substituents is 1. The molecule has 0 spiro atoms. The second-order valence-electron chi connectivity index (χ2n) is 6.39. The summed E-state index contributed by atoms with van der Waals surface area (Å²) in [7, 11) is 0. The molecule has 25 heavy (non-hydrogen) atoms. The molecule has 130 valence electrons. The minimum absolute atomic E-state index is 0.218. The molecule has 0 saturated carbocycles. The van der Waals surface area contributed by atoms with Crippen molar-refractivity contribution in [2.75, 3.05) is 0 Å². The number of hydrogen-bond donors (Lipinski definition) is 2. The summed E-state index contributed by atoms with van der Waals surface area (Å²) in [4.78, 5) is 13.3. The number of nitrogens with two attached hydrogens (primary N) is 1. The Bertz CT molecular complexity index is 837. The molecule has 1 aliphatic rings. The van der Waals surface area contributed by atoms with Crippen molar-refractivity contribution < 1.29 is 5.11 Å². The highest BCUT2D eigenvalue weighted by Gasteiger charge is 2.27. The lowest BCUT2D eigenvalue weighted by Gasteiger charge is -2.16. The van der Waals surface area contributed by atoms with Crippen molar-refractivity contribution >= 4 is 11.7 Å². The van der Waals surface area contributed by atoms with Gasteiger partial charge in [0.1, 0.15) is 23.3 Å². The monoisotopic (exact) mass is 336 g/mol. The van der Waals surface area contributed by atoms with Crippen LogP contribution in [0.5, 0.6) is 5.75 Å². The molecule has 0 radical (unpaired) electrons. The maximum absolute atomic E-state index is 10.5. The van der Waals surface area contributed by atoms with Crippen LogP contribution in [0.2, 0.25) is 0 Å². The summed E-state index contributed by atoms with van der Waals surface area (Å²) in [5.74, 6) is 1.56. The second kappa shape index (κ2) is 7.05. The van der Waals surface area contributed by atoms with E-state index in [1.165, 1.54) is 0 Å². The zero-order valence-corrected chi connectivity index (χ0v) is 14.9. The van der Waals surface area contributed by atoms with Crippen molar-refractivity contribution in [1.82, 2.24) is 4.98 Å². The predicted molar refractivity (Wildman–Crippen MR) is 101 cm³/mol. The first-order valence-electron chi connectivity index (χ1n) is 8.71. The summed E-state index contributed by atoms with van der Waals surface area (Å²) in [6, 6.07) is 9.17. The third-order valence-electron chi connectivity index (χ3n) is 4.79. The largest absolute Gasteiger partial charge is 0.508 e. The zero-order chi connectivity index (χ0) is 18.0. The Labute approximate surface area is 148 Å². The number of phenols is 1. The Balaban J connectivity index is 1.95. The third kappa shape index (κ3) is 3.27. The normalized spacial score (nSPS) is 16.9. The molecule has 2 heterocycles. The molecule has 1 atom stereocenters. The molecular weight excluding hydrogens is 312 g/mol. The van der Waals surface area contributed by atoms with Crippen LogP contribution in [-0.2, 0) is 0 Å². The summed E-state index contributed by atoms with van der Waals surface area (Å²) in [5.41, 5.74) is 9.64. The molecule has 5 nitrogen and oxygen atoms in total. The fourth-order valence-electron chi connectivity index (χ4n) is 3.27. The summed E-state index contributed by atoms with van der Waals surface area (Å²) in [6.45, 7) is 6.28. The van der Waals surface area contributed by atoms with E-state index in [0.29, 0.717) is 23.2 Å². The van der Waals surface area contributed by atoms with Crippen molar-refractivity contribution in [2.24, 2.45) is 15.7 Å². The van der Waals surface area contributed by atoms with Gasteiger partial charge in [0.2, 0.25) is 0 Å². The Morgan fingerprint density at radius 2 is 1.96 bits per heavy atom. The molecule has 0 amide bonds. The van der Waals surface area contributed by atoms with Gasteiger partial charge in [0.25, 0.3) is 0 Å². The smallest absolute Gasteiger partial charge is 0.176 e. The van der Waals surface area contributed by atoms with E-state index in [4.69, 9.17) is 5.73 Å². The number of hydrogen-bond acceptors (Lipinski definition) is 5. The first-order valence-corrected chi connectivity index (χ1v) is 8.71. The number of benzene rings is 1. The van der Waals surface area contributed by atoms with Gasteiger partial charge in [-0.2, -0.15) is 0 Å². The molecule has 1 aliphatic heterocycles. The van der Waals surface area contributed by atoms with Crippen molar-refractivity contribution in [2.45, 2.75) is 45.6 Å². The summed E-state index contributed by atoms with van der Waals surface area (Å²) in [5, 5.41) is 10.5. The van der Waals surface area contributed by atoms with Gasteiger partial charge in [0.05, 0.1) is 0 Å². The number of pyridine rings is 1. The SMILES string of the molecule is CCC(CC)c1ccc(C2N=C(c3ncccc3C)N=C2N)c(O)c1. The van der Waals surface area contributed by atoms with Gasteiger partial charge in [0.15, 0.2) is 5.84 Å². The van der Waals surface area contributed by atoms with Gasteiger partial charge in [-0.25, -0.2) is 9.98 Å². The highest BCUT2D eigenvalue weighted by atomic mass is 16.3. The maximum Gasteiger partial charge on any atom is 0.176 e. The number of aliphatic imine (C=N–C) groups is 2. The van der Waals surface area contributed by atoms with E-state index < -0.39 is 6.04 Å². The van der Waals surface area contributed by atoms with E-state index in [2.05, 4.69) is 34.9 Å². The maximum atomic E-state index is 10.5. The topological polar surface area (TPSA) is 83.9 Å². The van der Waals surface area contributed by atoms with E-state index in [-0.39, 0.29) is 5.75 Å². The van der Waals surface area contributed by atoms with E-state index in [1.807, 2.05) is 31.2 Å². The molecule has 0 fully saturated rings. The van der Waals surface area contributed by atoms with Crippen LogP contribution < -0.4 is 5.73 Å². The standard InChI is InChI=1S/C20H24N4O/c1-4-13(5-2)14-8-9-15(16(25)11-14)18-19(21)24-20(23-18)17-12(3)7-6-10-22-17/h6-11,13,18,25H,4-5H2,1-3H3,(H2,21,23,24). The highest BCUT2D eigenvalue weighted by molar-refractivity contribution is 6.11. The van der Waals surface area contributed by atoms with Crippen molar-refractivity contribution in [3.05, 3.63) is 58.9 Å². The molecule has 0 aliphatic carbocycles. The summed E-state index contributed by atoms with van der Waals surface area (Å²) in [6.07, 6.45) is 3.80. The van der Waals surface area contributed by atoms with Gasteiger partial charge in [-0.05, 0) is 48.9 Å². The Morgan fingerprint density at radius 3 is 2.60 bits per heavy atom. The number of aromatic nitrogens is 1. The van der Waals surface area contributed by atoms with Crippen LogP contribution in [0.3, 0.4) is 0 Å². The van der Waals surface area contributed by atoms with Crippen LogP contribution >= 0.6 is 0 Å². The van der Waals surface area contributed by atoms with Crippen LogP contribution in [0.1, 0.15) is 61.0 Å². The van der Waals surface area contributed by atoms with Crippen LogP contribution in [0, 0.1) is 6.92 Å². The van der Waals surface area contributed by atoms with E-state index in [1.54, 1.807) is 6.20 Å². The highest BCUT2D eigenvalue weighted by Crippen LogP contribution is 2.34. The summed E-state index contributed by atoms with van der Waals surface area (Å²) >= 11 is 0. The molecule has 1 unspecified atom stereocenters. The molecular formula is C20H24N4O. The number of aryl methyl sites for hydroxylation is 1. The van der Waals surface area contributed by atoms with Gasteiger partial charge < -0.3 is 10.8 Å². The van der Waals surface area contributed by atoms with Gasteiger partial charge >= 0.3 is 0 Å². The predicted octanol–water partition coefficient (Wildman–Crippen LogP) is 3.86. The van der Waals surface area contributed by atoms with Crippen LogP contribution in [-0.4, -0.2) is 21.8 Å².